The molecule has 1 unspecified atom stereocenters. The van der Waals surface area contributed by atoms with Gasteiger partial charge in [0.2, 0.25) is 0 Å². The van der Waals surface area contributed by atoms with Crippen LogP contribution in [0, 0.1) is 6.92 Å². The number of carbonyl (C=O) groups excluding carboxylic acids is 1. The number of aliphatic imine (C=N–C) groups is 1. The van der Waals surface area contributed by atoms with E-state index in [1.807, 2.05) is 38.1 Å². The van der Waals surface area contributed by atoms with Gasteiger partial charge in [0.15, 0.2) is 5.96 Å². The Morgan fingerprint density at radius 1 is 1.36 bits per heavy atom. The molecule has 0 aliphatic carbocycles. The molecule has 0 saturated heterocycles. The van der Waals surface area contributed by atoms with Gasteiger partial charge in [-0.1, -0.05) is 23.7 Å². The first kappa shape index (κ1) is 22.2. The third-order valence-corrected chi connectivity index (χ3v) is 5.64. The van der Waals surface area contributed by atoms with Crippen molar-refractivity contribution in [2.45, 2.75) is 39.7 Å². The van der Waals surface area contributed by atoms with Gasteiger partial charge in [0, 0.05) is 18.6 Å². The molecule has 2 aromatic rings. The van der Waals surface area contributed by atoms with Gasteiger partial charge in [-0.3, -0.25) is 4.99 Å². The lowest BCUT2D eigenvalue weighted by Gasteiger charge is -2.16. The van der Waals surface area contributed by atoms with Gasteiger partial charge in [0.05, 0.1) is 18.3 Å². The molecule has 8 heteroatoms. The molecule has 2 rings (SSSR count). The van der Waals surface area contributed by atoms with E-state index in [2.05, 4.69) is 20.6 Å². The summed E-state index contributed by atoms with van der Waals surface area (Å²) >= 11 is 7.26. The van der Waals surface area contributed by atoms with E-state index >= 15 is 0 Å². The molecule has 0 aliphatic heterocycles. The van der Waals surface area contributed by atoms with E-state index in [-0.39, 0.29) is 12.0 Å². The number of thiazole rings is 1. The normalized spacial score (nSPS) is 12.5. The molecule has 0 amide bonds. The van der Waals surface area contributed by atoms with Gasteiger partial charge in [0.25, 0.3) is 0 Å². The summed E-state index contributed by atoms with van der Waals surface area (Å²) in [6.07, 6.45) is 1.94. The van der Waals surface area contributed by atoms with Crippen LogP contribution in [0.1, 0.15) is 52.2 Å². The van der Waals surface area contributed by atoms with Crippen LogP contribution in [-0.4, -0.2) is 37.1 Å². The number of carbonyl (C=O) groups is 1. The average Bonchev–Trinajstić information content (AvgIpc) is 3.07. The van der Waals surface area contributed by atoms with Crippen LogP contribution in [0.4, 0.5) is 0 Å². The summed E-state index contributed by atoms with van der Waals surface area (Å²) in [5.74, 6) is 0.384. The lowest BCUT2D eigenvalue weighted by atomic mass is 10.1. The van der Waals surface area contributed by atoms with E-state index in [1.54, 1.807) is 14.0 Å². The molecule has 28 heavy (non-hydrogen) atoms. The van der Waals surface area contributed by atoms with Crippen molar-refractivity contribution in [3.63, 3.8) is 0 Å². The summed E-state index contributed by atoms with van der Waals surface area (Å²) in [5, 5.41) is 8.21. The Bertz CT molecular complexity index is 805. The van der Waals surface area contributed by atoms with Crippen LogP contribution < -0.4 is 10.6 Å². The lowest BCUT2D eigenvalue weighted by molar-refractivity contribution is 0.0531. The molecule has 1 aromatic carbocycles. The second kappa shape index (κ2) is 11.0. The largest absolute Gasteiger partial charge is 0.462 e. The summed E-state index contributed by atoms with van der Waals surface area (Å²) in [4.78, 5) is 21.3. The third-order valence-electron chi connectivity index (χ3n) is 4.07. The van der Waals surface area contributed by atoms with Crippen LogP contribution in [0.15, 0.2) is 29.3 Å². The molecule has 1 aromatic heterocycles. The van der Waals surface area contributed by atoms with Crippen LogP contribution in [0.5, 0.6) is 0 Å². The van der Waals surface area contributed by atoms with Gasteiger partial charge in [-0.05, 0) is 51.3 Å². The van der Waals surface area contributed by atoms with E-state index in [9.17, 15) is 4.79 Å². The number of hydrogen-bond acceptors (Lipinski definition) is 5. The molecule has 1 heterocycles. The van der Waals surface area contributed by atoms with Crippen LogP contribution in [-0.2, 0) is 11.2 Å². The number of hydrogen-bond donors (Lipinski definition) is 2. The molecular formula is C20H27ClN4O2S. The van der Waals surface area contributed by atoms with Crippen molar-refractivity contribution in [3.8, 4) is 0 Å². The van der Waals surface area contributed by atoms with Crippen LogP contribution >= 0.6 is 22.9 Å². The number of aromatic nitrogens is 1. The van der Waals surface area contributed by atoms with E-state index in [4.69, 9.17) is 16.3 Å². The van der Waals surface area contributed by atoms with Gasteiger partial charge >= 0.3 is 5.97 Å². The van der Waals surface area contributed by atoms with Gasteiger partial charge in [0.1, 0.15) is 9.88 Å². The first-order valence-corrected chi connectivity index (χ1v) is 10.5. The highest BCUT2D eigenvalue weighted by atomic mass is 35.5. The van der Waals surface area contributed by atoms with Crippen molar-refractivity contribution in [2.75, 3.05) is 20.2 Å². The minimum atomic E-state index is -0.319. The minimum absolute atomic E-state index is 0.0747. The molecule has 2 N–H and O–H groups in total. The maximum atomic E-state index is 12.0. The zero-order valence-electron chi connectivity index (χ0n) is 16.7. The number of esters is 1. The zero-order valence-corrected chi connectivity index (χ0v) is 18.3. The Labute approximate surface area is 175 Å². The van der Waals surface area contributed by atoms with Crippen molar-refractivity contribution < 1.29 is 9.53 Å². The average molecular weight is 423 g/mol. The predicted octanol–water partition coefficient (Wildman–Crippen LogP) is 4.14. The van der Waals surface area contributed by atoms with E-state index in [0.29, 0.717) is 23.1 Å². The molecule has 0 bridgehead atoms. The highest BCUT2D eigenvalue weighted by Gasteiger charge is 2.20. The van der Waals surface area contributed by atoms with Crippen molar-refractivity contribution >= 4 is 34.9 Å². The molecule has 1 atom stereocenters. The number of ether oxygens (including phenoxy) is 1. The number of rotatable bonds is 8. The topological polar surface area (TPSA) is 75.6 Å². The molecule has 0 radical (unpaired) electrons. The Balaban J connectivity index is 1.84. The van der Waals surface area contributed by atoms with Gasteiger partial charge < -0.3 is 15.4 Å². The number of aryl methyl sites for hydroxylation is 2. The van der Waals surface area contributed by atoms with Gasteiger partial charge in [-0.2, -0.15) is 0 Å². The number of guanidine groups is 1. The highest BCUT2D eigenvalue weighted by Crippen LogP contribution is 2.24. The molecule has 0 spiro atoms. The molecule has 6 nitrogen and oxygen atoms in total. The van der Waals surface area contributed by atoms with Crippen LogP contribution in [0.25, 0.3) is 0 Å². The summed E-state index contributed by atoms with van der Waals surface area (Å²) in [6.45, 7) is 6.75. The molecular weight excluding hydrogens is 396 g/mol. The smallest absolute Gasteiger partial charge is 0.350 e. The van der Waals surface area contributed by atoms with Crippen molar-refractivity contribution in [1.29, 1.82) is 0 Å². The Hall–Kier alpha value is -2.12. The minimum Gasteiger partial charge on any atom is -0.462 e. The van der Waals surface area contributed by atoms with Crippen molar-refractivity contribution in [1.82, 2.24) is 15.6 Å². The predicted molar refractivity (Wildman–Crippen MR) is 115 cm³/mol. The quantitative estimate of drug-likeness (QED) is 0.289. The summed E-state index contributed by atoms with van der Waals surface area (Å²) in [5.41, 5.74) is 1.95. The van der Waals surface area contributed by atoms with E-state index < -0.39 is 0 Å². The Morgan fingerprint density at radius 2 is 2.07 bits per heavy atom. The van der Waals surface area contributed by atoms with E-state index in [1.165, 1.54) is 16.9 Å². The first-order chi connectivity index (χ1) is 13.4. The fraction of sp³-hybridized carbons (Fsp3) is 0.450. The first-order valence-electron chi connectivity index (χ1n) is 9.30. The Morgan fingerprint density at radius 3 is 2.71 bits per heavy atom. The number of halogens is 1. The fourth-order valence-electron chi connectivity index (χ4n) is 2.60. The number of benzene rings is 1. The summed E-state index contributed by atoms with van der Waals surface area (Å²) < 4.78 is 5.08. The second-order valence-corrected chi connectivity index (χ2v) is 7.75. The SMILES string of the molecule is CCOC(=O)c1sc(C(C)NC(=NC)NCCCc2ccc(Cl)cc2)nc1C. The maximum absolute atomic E-state index is 12.0. The summed E-state index contributed by atoms with van der Waals surface area (Å²) in [7, 11) is 1.73. The molecule has 0 fully saturated rings. The van der Waals surface area contributed by atoms with Gasteiger partial charge in [-0.15, -0.1) is 11.3 Å². The van der Waals surface area contributed by atoms with Crippen molar-refractivity contribution in [2.24, 2.45) is 4.99 Å². The Kier molecular flexibility index (Phi) is 8.73. The zero-order chi connectivity index (χ0) is 20.5. The van der Waals surface area contributed by atoms with Gasteiger partial charge in [-0.25, -0.2) is 9.78 Å². The third kappa shape index (κ3) is 6.49. The van der Waals surface area contributed by atoms with E-state index in [0.717, 1.165) is 29.4 Å². The maximum Gasteiger partial charge on any atom is 0.350 e. The molecule has 0 aliphatic rings. The van der Waals surface area contributed by atoms with Crippen molar-refractivity contribution in [3.05, 3.63) is 50.4 Å². The summed E-state index contributed by atoms with van der Waals surface area (Å²) in [6, 6.07) is 7.83. The molecule has 0 saturated carbocycles. The monoisotopic (exact) mass is 422 g/mol. The van der Waals surface area contributed by atoms with Crippen LogP contribution in [0.2, 0.25) is 5.02 Å². The number of nitrogens with one attached hydrogen (secondary N) is 2. The lowest BCUT2D eigenvalue weighted by Crippen LogP contribution is -2.39. The van der Waals surface area contributed by atoms with Crippen LogP contribution in [0.3, 0.4) is 0 Å². The molecule has 152 valence electrons. The standard InChI is InChI=1S/C20H27ClN4O2S/c1-5-27-19(26)17-13(2)24-18(28-17)14(3)25-20(22-4)23-12-6-7-15-8-10-16(21)11-9-15/h8-11,14H,5-7,12H2,1-4H3,(H2,22,23,25). The second-order valence-electron chi connectivity index (χ2n) is 6.28. The fourth-order valence-corrected chi connectivity index (χ4v) is 3.69. The number of nitrogens with zero attached hydrogens (tertiary/aromatic N) is 2. The highest BCUT2D eigenvalue weighted by molar-refractivity contribution is 7.13.